The van der Waals surface area contributed by atoms with Gasteiger partial charge in [0.05, 0.1) is 0 Å². The molecule has 2 rings (SSSR count). The van der Waals surface area contributed by atoms with Gasteiger partial charge < -0.3 is 10.2 Å². The van der Waals surface area contributed by atoms with E-state index < -0.39 is 0 Å². The Morgan fingerprint density at radius 1 is 1.50 bits per heavy atom. The number of nitrogens with one attached hydrogen (secondary N) is 1. The molecule has 1 N–H and O–H groups in total. The molecule has 0 spiro atoms. The van der Waals surface area contributed by atoms with Crippen molar-refractivity contribution in [2.45, 2.75) is 30.7 Å². The standard InChI is InChI=1S/C17H24N2OS2/c1-12(11-21)10-19-16(20)15(17(19)22-3)18-13(2)9-14-7-5-4-6-8-14/h5,7-8,15,17-18,21H,1-2,4,6,9-11H2,3H3/t15-,17?/m1/s1. The molecule has 1 amide bonds. The fourth-order valence-electron chi connectivity index (χ4n) is 2.70. The second-order valence-electron chi connectivity index (χ2n) is 5.66. The Hall–Kier alpha value is -1.07. The van der Waals surface area contributed by atoms with E-state index in [1.165, 1.54) is 5.57 Å². The molecule has 0 saturated carbocycles. The highest BCUT2D eigenvalue weighted by Gasteiger charge is 2.46. The Kier molecular flexibility index (Phi) is 6.26. The van der Waals surface area contributed by atoms with Gasteiger partial charge >= 0.3 is 0 Å². The molecule has 0 bridgehead atoms. The summed E-state index contributed by atoms with van der Waals surface area (Å²) in [6.45, 7) is 8.60. The number of allylic oxidation sites excluding steroid dienone is 4. The van der Waals surface area contributed by atoms with Crippen molar-refractivity contribution >= 4 is 30.3 Å². The Balaban J connectivity index is 1.88. The second-order valence-corrected chi connectivity index (χ2v) is 6.93. The number of thiol groups is 1. The molecule has 2 aliphatic rings. The molecule has 1 aliphatic heterocycles. The highest BCUT2D eigenvalue weighted by molar-refractivity contribution is 7.99. The van der Waals surface area contributed by atoms with Crippen molar-refractivity contribution in [2.75, 3.05) is 18.6 Å². The molecular weight excluding hydrogens is 312 g/mol. The molecule has 3 nitrogen and oxygen atoms in total. The lowest BCUT2D eigenvalue weighted by Crippen LogP contribution is -2.68. The first kappa shape index (κ1) is 17.3. The summed E-state index contributed by atoms with van der Waals surface area (Å²) in [6.07, 6.45) is 11.6. The molecule has 1 fully saturated rings. The van der Waals surface area contributed by atoms with E-state index in [-0.39, 0.29) is 17.3 Å². The molecule has 5 heteroatoms. The quantitative estimate of drug-likeness (QED) is 0.406. The molecule has 0 aromatic carbocycles. The van der Waals surface area contributed by atoms with Gasteiger partial charge in [-0.15, -0.1) is 11.8 Å². The number of amides is 1. The van der Waals surface area contributed by atoms with Crippen LogP contribution in [0.3, 0.4) is 0 Å². The van der Waals surface area contributed by atoms with Crippen molar-refractivity contribution in [1.82, 2.24) is 10.2 Å². The largest absolute Gasteiger partial charge is 0.375 e. The predicted octanol–water partition coefficient (Wildman–Crippen LogP) is 3.14. The fraction of sp³-hybridized carbons (Fsp3) is 0.471. The van der Waals surface area contributed by atoms with Gasteiger partial charge in [0.1, 0.15) is 11.4 Å². The maximum atomic E-state index is 12.3. The minimum atomic E-state index is -0.177. The Morgan fingerprint density at radius 3 is 2.86 bits per heavy atom. The summed E-state index contributed by atoms with van der Waals surface area (Å²) in [4.78, 5) is 14.2. The normalized spacial score (nSPS) is 23.8. The van der Waals surface area contributed by atoms with E-state index in [9.17, 15) is 4.79 Å². The number of rotatable bonds is 8. The summed E-state index contributed by atoms with van der Waals surface area (Å²) in [7, 11) is 0. The number of thioether (sulfide) groups is 1. The maximum Gasteiger partial charge on any atom is 0.249 e. The molecule has 1 aliphatic carbocycles. The second kappa shape index (κ2) is 7.97. The van der Waals surface area contributed by atoms with Gasteiger partial charge in [0.15, 0.2) is 0 Å². The first-order valence-electron chi connectivity index (χ1n) is 7.47. The van der Waals surface area contributed by atoms with Gasteiger partial charge in [-0.05, 0) is 30.2 Å². The highest BCUT2D eigenvalue weighted by Crippen LogP contribution is 2.30. The van der Waals surface area contributed by atoms with E-state index >= 15 is 0 Å². The van der Waals surface area contributed by atoms with Gasteiger partial charge in [0.25, 0.3) is 0 Å². The molecule has 2 atom stereocenters. The van der Waals surface area contributed by atoms with E-state index in [1.807, 2.05) is 11.2 Å². The lowest BCUT2D eigenvalue weighted by Gasteiger charge is -2.47. The molecule has 120 valence electrons. The van der Waals surface area contributed by atoms with Crippen LogP contribution in [-0.4, -0.2) is 40.8 Å². The summed E-state index contributed by atoms with van der Waals surface area (Å²) in [5.41, 5.74) is 3.14. The minimum Gasteiger partial charge on any atom is -0.375 e. The summed E-state index contributed by atoms with van der Waals surface area (Å²) in [6, 6.07) is -0.177. The maximum absolute atomic E-state index is 12.3. The van der Waals surface area contributed by atoms with Crippen molar-refractivity contribution in [2.24, 2.45) is 0 Å². The summed E-state index contributed by atoms with van der Waals surface area (Å²) in [5, 5.41) is 3.44. The first-order valence-corrected chi connectivity index (χ1v) is 9.39. The predicted molar refractivity (Wildman–Crippen MR) is 99.1 cm³/mol. The molecule has 1 heterocycles. The summed E-state index contributed by atoms with van der Waals surface area (Å²) in [5.74, 6) is 0.729. The zero-order valence-electron chi connectivity index (χ0n) is 13.0. The van der Waals surface area contributed by atoms with Gasteiger partial charge in [-0.2, -0.15) is 12.6 Å². The lowest BCUT2D eigenvalue weighted by molar-refractivity contribution is -0.144. The first-order chi connectivity index (χ1) is 10.6. The van der Waals surface area contributed by atoms with Crippen LogP contribution in [0.1, 0.15) is 19.3 Å². The number of hydrogen-bond donors (Lipinski definition) is 2. The van der Waals surface area contributed by atoms with E-state index in [0.29, 0.717) is 12.3 Å². The molecule has 22 heavy (non-hydrogen) atoms. The van der Waals surface area contributed by atoms with Crippen LogP contribution in [0.4, 0.5) is 0 Å². The Morgan fingerprint density at radius 2 is 2.27 bits per heavy atom. The average molecular weight is 337 g/mol. The van der Waals surface area contributed by atoms with Crippen LogP contribution < -0.4 is 5.32 Å². The van der Waals surface area contributed by atoms with E-state index in [0.717, 1.165) is 30.5 Å². The third-order valence-electron chi connectivity index (χ3n) is 3.85. The zero-order valence-corrected chi connectivity index (χ0v) is 14.8. The van der Waals surface area contributed by atoms with Crippen molar-refractivity contribution in [1.29, 1.82) is 0 Å². The number of β-lactam (4-membered cyclic amide) rings is 1. The Labute approximate surface area is 143 Å². The van der Waals surface area contributed by atoms with Crippen molar-refractivity contribution in [3.8, 4) is 0 Å². The number of carbonyl (C=O) groups excluding carboxylic acids is 1. The van der Waals surface area contributed by atoms with Gasteiger partial charge in [0, 0.05) is 24.4 Å². The summed E-state index contributed by atoms with van der Waals surface area (Å²) < 4.78 is 0. The van der Waals surface area contributed by atoms with Gasteiger partial charge in [0.2, 0.25) is 5.91 Å². The van der Waals surface area contributed by atoms with Crippen LogP contribution in [0.15, 0.2) is 48.2 Å². The molecule has 0 aromatic rings. The molecule has 0 aromatic heterocycles. The van der Waals surface area contributed by atoms with Crippen LogP contribution in [0.25, 0.3) is 0 Å². The van der Waals surface area contributed by atoms with Crippen molar-refractivity contribution in [3.05, 3.63) is 48.2 Å². The van der Waals surface area contributed by atoms with Crippen LogP contribution in [0.5, 0.6) is 0 Å². The van der Waals surface area contributed by atoms with Crippen LogP contribution >= 0.6 is 24.4 Å². The molecular formula is C17H24N2OS2. The highest BCUT2D eigenvalue weighted by atomic mass is 32.2. The van der Waals surface area contributed by atoms with Gasteiger partial charge in [-0.25, -0.2) is 0 Å². The molecule has 0 radical (unpaired) electrons. The Bertz CT molecular complexity index is 525. The SMILES string of the molecule is C=C(CS)CN1C(=O)[C@@H](NC(=C)CC2=CCCC=C2)C1SC. The number of carbonyl (C=O) groups is 1. The summed E-state index contributed by atoms with van der Waals surface area (Å²) >= 11 is 5.89. The fourth-order valence-corrected chi connectivity index (χ4v) is 3.68. The minimum absolute atomic E-state index is 0.122. The third kappa shape index (κ3) is 4.02. The third-order valence-corrected chi connectivity index (χ3v) is 5.31. The number of nitrogens with zero attached hydrogens (tertiary/aromatic N) is 1. The van der Waals surface area contributed by atoms with E-state index in [1.54, 1.807) is 11.8 Å². The average Bonchev–Trinajstić information content (AvgIpc) is 2.53. The smallest absolute Gasteiger partial charge is 0.249 e. The van der Waals surface area contributed by atoms with Crippen LogP contribution in [0.2, 0.25) is 0 Å². The lowest BCUT2D eigenvalue weighted by atomic mass is 10.0. The molecule has 1 saturated heterocycles. The van der Waals surface area contributed by atoms with E-state index in [2.05, 4.69) is 49.3 Å². The van der Waals surface area contributed by atoms with E-state index in [4.69, 9.17) is 0 Å². The number of hydrogen-bond acceptors (Lipinski definition) is 4. The molecule has 1 unspecified atom stereocenters. The van der Waals surface area contributed by atoms with Gasteiger partial charge in [-0.1, -0.05) is 31.4 Å². The number of likely N-dealkylation sites (tertiary alicyclic amines) is 1. The van der Waals surface area contributed by atoms with Crippen LogP contribution in [0, 0.1) is 0 Å². The zero-order chi connectivity index (χ0) is 16.1. The topological polar surface area (TPSA) is 32.3 Å². The monoisotopic (exact) mass is 336 g/mol. The van der Waals surface area contributed by atoms with Crippen molar-refractivity contribution in [3.63, 3.8) is 0 Å². The van der Waals surface area contributed by atoms with Crippen LogP contribution in [-0.2, 0) is 4.79 Å². The van der Waals surface area contributed by atoms with Crippen molar-refractivity contribution < 1.29 is 4.79 Å². The van der Waals surface area contributed by atoms with Gasteiger partial charge in [-0.3, -0.25) is 4.79 Å².